The molecule has 9 nitrogen and oxygen atoms in total. The number of nitrogens with zero attached hydrogens (tertiary/aromatic N) is 8. The lowest BCUT2D eigenvalue weighted by molar-refractivity contribution is 0.361. The van der Waals surface area contributed by atoms with E-state index in [0.717, 1.165) is 28.7 Å². The van der Waals surface area contributed by atoms with Gasteiger partial charge in [-0.2, -0.15) is 15.5 Å². The molecule has 37 heavy (non-hydrogen) atoms. The fourth-order valence-electron chi connectivity index (χ4n) is 4.02. The minimum Gasteiger partial charge on any atom is -0.488 e. The maximum absolute atomic E-state index is 13.3. The van der Waals surface area contributed by atoms with E-state index < -0.39 is 5.82 Å². The Hall–Kier alpha value is -5.04. The van der Waals surface area contributed by atoms with E-state index in [4.69, 9.17) is 4.74 Å². The molecule has 0 fully saturated rings. The van der Waals surface area contributed by atoms with Crippen molar-refractivity contribution in [2.24, 2.45) is 0 Å². The highest BCUT2D eigenvalue weighted by molar-refractivity contribution is 5.85. The van der Waals surface area contributed by atoms with Crippen LogP contribution in [-0.4, -0.2) is 43.0 Å². The Morgan fingerprint density at radius 1 is 1.14 bits per heavy atom. The van der Waals surface area contributed by atoms with E-state index in [1.165, 1.54) is 17.1 Å². The van der Waals surface area contributed by atoms with Crippen LogP contribution in [0.4, 0.5) is 10.2 Å². The third-order valence-corrected chi connectivity index (χ3v) is 6.12. The minimum absolute atomic E-state index is 0.0309. The lowest BCUT2D eigenvalue weighted by atomic mass is 10.0. The summed E-state index contributed by atoms with van der Waals surface area (Å²) < 4.78 is 22.0. The highest BCUT2D eigenvalue weighted by atomic mass is 19.1. The quantitative estimate of drug-likeness (QED) is 0.287. The van der Waals surface area contributed by atoms with E-state index in [9.17, 15) is 9.65 Å². The smallest absolute Gasteiger partial charge is 0.161 e. The summed E-state index contributed by atoms with van der Waals surface area (Å²) in [7, 11) is 1.95. The molecule has 0 saturated carbocycles. The number of aromatic nitrogens is 6. The van der Waals surface area contributed by atoms with Gasteiger partial charge < -0.3 is 9.64 Å². The van der Waals surface area contributed by atoms with Gasteiger partial charge in [0.05, 0.1) is 41.9 Å². The first-order valence-electron chi connectivity index (χ1n) is 11.5. The molecule has 5 aromatic heterocycles. The van der Waals surface area contributed by atoms with E-state index in [1.54, 1.807) is 35.2 Å². The molecular formula is C27H23FN8O. The van der Waals surface area contributed by atoms with Gasteiger partial charge in [0, 0.05) is 30.6 Å². The van der Waals surface area contributed by atoms with Gasteiger partial charge in [0.2, 0.25) is 0 Å². The highest BCUT2D eigenvalue weighted by Gasteiger charge is 2.17. The lowest BCUT2D eigenvalue weighted by Crippen LogP contribution is -2.22. The summed E-state index contributed by atoms with van der Waals surface area (Å²) in [6, 6.07) is 11.7. The molecule has 0 N–H and O–H groups in total. The Labute approximate surface area is 212 Å². The van der Waals surface area contributed by atoms with Crippen LogP contribution in [0.5, 0.6) is 5.75 Å². The number of rotatable bonds is 8. The van der Waals surface area contributed by atoms with Crippen molar-refractivity contribution in [2.45, 2.75) is 13.0 Å². The standard InChI is InChI=1S/C27H23FN8O/c1-4-9-37-23-10-24(27-21(11-29)14-32-36(27)17-23)20-6-7-25(30-13-20)34(3)18(2)19-5-8-26(31-12-19)35-16-22(28)15-33-35/h4-8,10,12-18H,1,9H2,2-3H3/t18-/m0/s1. The molecule has 5 heterocycles. The van der Waals surface area contributed by atoms with Gasteiger partial charge in [-0.1, -0.05) is 18.7 Å². The Balaban J connectivity index is 1.41. The van der Waals surface area contributed by atoms with Crippen molar-refractivity contribution in [3.8, 4) is 28.8 Å². The first-order valence-corrected chi connectivity index (χ1v) is 11.5. The molecule has 0 unspecified atom stereocenters. The molecule has 0 aromatic carbocycles. The third-order valence-electron chi connectivity index (χ3n) is 6.12. The van der Waals surface area contributed by atoms with Gasteiger partial charge in [-0.3, -0.25) is 0 Å². The number of hydrogen-bond acceptors (Lipinski definition) is 7. The predicted molar refractivity (Wildman–Crippen MR) is 137 cm³/mol. The molecular weight excluding hydrogens is 471 g/mol. The van der Waals surface area contributed by atoms with Crippen LogP contribution in [-0.2, 0) is 0 Å². The van der Waals surface area contributed by atoms with Crippen molar-refractivity contribution >= 4 is 11.3 Å². The van der Waals surface area contributed by atoms with Crippen LogP contribution in [0, 0.1) is 17.1 Å². The number of nitriles is 1. The van der Waals surface area contributed by atoms with Gasteiger partial charge in [0.1, 0.15) is 24.2 Å². The Bertz CT molecular complexity index is 1600. The zero-order chi connectivity index (χ0) is 25.9. The van der Waals surface area contributed by atoms with Crippen molar-refractivity contribution in [3.05, 3.63) is 97.1 Å². The summed E-state index contributed by atoms with van der Waals surface area (Å²) >= 11 is 0. The number of fused-ring (bicyclic) bond motifs is 1. The van der Waals surface area contributed by atoms with Crippen molar-refractivity contribution in [1.82, 2.24) is 29.4 Å². The summed E-state index contributed by atoms with van der Waals surface area (Å²) in [5.74, 6) is 1.49. The Morgan fingerprint density at radius 2 is 2.00 bits per heavy atom. The van der Waals surface area contributed by atoms with Crippen molar-refractivity contribution < 1.29 is 9.13 Å². The Kier molecular flexibility index (Phi) is 6.34. The molecule has 0 aliphatic rings. The van der Waals surface area contributed by atoms with E-state index in [1.807, 2.05) is 36.2 Å². The number of ether oxygens (including phenoxy) is 1. The van der Waals surface area contributed by atoms with Crippen molar-refractivity contribution in [1.29, 1.82) is 5.26 Å². The molecule has 0 bridgehead atoms. The zero-order valence-electron chi connectivity index (χ0n) is 20.3. The third kappa shape index (κ3) is 4.62. The second-order valence-electron chi connectivity index (χ2n) is 8.40. The average Bonchev–Trinajstić information content (AvgIpc) is 3.56. The lowest BCUT2D eigenvalue weighted by Gasteiger charge is -2.26. The SMILES string of the molecule is C=CCOc1cc(-c2ccc(N(C)[C@@H](C)c3ccc(-n4cc(F)cn4)nc3)nc2)c2c(C#N)cnn2c1. The van der Waals surface area contributed by atoms with E-state index in [0.29, 0.717) is 29.3 Å². The molecule has 0 aliphatic heterocycles. The summed E-state index contributed by atoms with van der Waals surface area (Å²) in [6.45, 7) is 6.09. The fraction of sp³-hybridized carbons (Fsp3) is 0.148. The fourth-order valence-corrected chi connectivity index (χ4v) is 4.02. The molecule has 0 aliphatic carbocycles. The zero-order valence-corrected chi connectivity index (χ0v) is 20.3. The number of anilines is 1. The molecule has 10 heteroatoms. The van der Waals surface area contributed by atoms with Crippen molar-refractivity contribution in [3.63, 3.8) is 0 Å². The monoisotopic (exact) mass is 494 g/mol. The van der Waals surface area contributed by atoms with Gasteiger partial charge >= 0.3 is 0 Å². The average molecular weight is 495 g/mol. The first-order chi connectivity index (χ1) is 18.0. The van der Waals surface area contributed by atoms with E-state index >= 15 is 0 Å². The van der Waals surface area contributed by atoms with Gasteiger partial charge in [-0.15, -0.1) is 0 Å². The normalized spacial score (nSPS) is 11.7. The molecule has 0 spiro atoms. The molecule has 5 rings (SSSR count). The number of halogens is 1. The number of hydrogen-bond donors (Lipinski definition) is 0. The Morgan fingerprint density at radius 3 is 2.65 bits per heavy atom. The molecule has 0 radical (unpaired) electrons. The van der Waals surface area contributed by atoms with Crippen LogP contribution in [0.2, 0.25) is 0 Å². The minimum atomic E-state index is -0.415. The van der Waals surface area contributed by atoms with Crippen LogP contribution in [0.1, 0.15) is 24.1 Å². The van der Waals surface area contributed by atoms with Crippen LogP contribution in [0.15, 0.2) is 80.2 Å². The molecule has 0 amide bonds. The van der Waals surface area contributed by atoms with E-state index in [2.05, 4.69) is 39.7 Å². The van der Waals surface area contributed by atoms with Gasteiger partial charge in [-0.05, 0) is 36.8 Å². The van der Waals surface area contributed by atoms with Gasteiger partial charge in [-0.25, -0.2) is 23.6 Å². The number of pyridine rings is 3. The highest BCUT2D eigenvalue weighted by Crippen LogP contribution is 2.32. The van der Waals surface area contributed by atoms with Crippen molar-refractivity contribution in [2.75, 3.05) is 18.6 Å². The maximum Gasteiger partial charge on any atom is 0.161 e. The summed E-state index contributed by atoms with van der Waals surface area (Å²) in [5, 5.41) is 17.8. The maximum atomic E-state index is 13.3. The van der Waals surface area contributed by atoms with E-state index in [-0.39, 0.29) is 6.04 Å². The van der Waals surface area contributed by atoms with Gasteiger partial charge in [0.25, 0.3) is 0 Å². The topological polar surface area (TPSA) is 97.2 Å². The largest absolute Gasteiger partial charge is 0.488 e. The first kappa shape index (κ1) is 23.7. The molecule has 1 atom stereocenters. The summed E-state index contributed by atoms with van der Waals surface area (Å²) in [6.07, 6.45) is 10.9. The van der Waals surface area contributed by atoms with Crippen LogP contribution in [0.25, 0.3) is 22.5 Å². The van der Waals surface area contributed by atoms with Gasteiger partial charge in [0.15, 0.2) is 11.6 Å². The second kappa shape index (κ2) is 9.91. The molecule has 184 valence electrons. The van der Waals surface area contributed by atoms with Crippen LogP contribution < -0.4 is 9.64 Å². The van der Waals surface area contributed by atoms with Crippen LogP contribution >= 0.6 is 0 Å². The second-order valence-corrected chi connectivity index (χ2v) is 8.40. The van der Waals surface area contributed by atoms with Crippen LogP contribution in [0.3, 0.4) is 0 Å². The molecule has 5 aromatic rings. The molecule has 0 saturated heterocycles. The predicted octanol–water partition coefficient (Wildman–Crippen LogP) is 4.75. The summed E-state index contributed by atoms with van der Waals surface area (Å²) in [4.78, 5) is 11.1. The summed E-state index contributed by atoms with van der Waals surface area (Å²) in [5.41, 5.74) is 3.74.